The Morgan fingerprint density at radius 1 is 1.00 bits per heavy atom. The molecule has 2 aliphatic heterocycles. The van der Waals surface area contributed by atoms with Crippen molar-refractivity contribution < 1.29 is 5.11 Å². The van der Waals surface area contributed by atoms with E-state index in [0.717, 1.165) is 25.6 Å². The molecule has 2 saturated heterocycles. The number of nitrogens with zero attached hydrogens (tertiary/aromatic N) is 2. The van der Waals surface area contributed by atoms with Crippen LogP contribution in [0, 0.1) is 5.92 Å². The lowest BCUT2D eigenvalue weighted by molar-refractivity contribution is 0.103. The van der Waals surface area contributed by atoms with Crippen LogP contribution in [0.3, 0.4) is 0 Å². The van der Waals surface area contributed by atoms with Crippen molar-refractivity contribution in [1.29, 1.82) is 0 Å². The smallest absolute Gasteiger partial charge is 0.0558 e. The zero-order chi connectivity index (χ0) is 10.5. The van der Waals surface area contributed by atoms with Crippen LogP contribution in [0.5, 0.6) is 0 Å². The van der Waals surface area contributed by atoms with Gasteiger partial charge >= 0.3 is 0 Å². The third kappa shape index (κ3) is 6.75. The molecule has 2 N–H and O–H groups in total. The van der Waals surface area contributed by atoms with E-state index in [1.165, 1.54) is 39.1 Å². The summed E-state index contributed by atoms with van der Waals surface area (Å²) in [6, 6.07) is 0. The van der Waals surface area contributed by atoms with Gasteiger partial charge in [-0.3, -0.25) is 4.90 Å². The molecular weight excluding hydrogens is 297 g/mol. The number of aliphatic hydroxyl groups is 1. The monoisotopic (exact) mass is 321 g/mol. The minimum atomic E-state index is 0. The molecule has 18 heavy (non-hydrogen) atoms. The number of piperazine rings is 1. The molecule has 0 saturated carbocycles. The van der Waals surface area contributed by atoms with Gasteiger partial charge in [0.15, 0.2) is 0 Å². The zero-order valence-electron chi connectivity index (χ0n) is 10.7. The van der Waals surface area contributed by atoms with Crippen molar-refractivity contribution in [2.24, 2.45) is 5.92 Å². The lowest BCUT2D eigenvalue weighted by Crippen LogP contribution is -2.48. The Kier molecular flexibility index (Phi) is 13.5. The Bertz CT molecular complexity index is 186. The van der Waals surface area contributed by atoms with Crippen LogP contribution in [-0.4, -0.2) is 73.9 Å². The molecule has 0 aliphatic carbocycles. The van der Waals surface area contributed by atoms with E-state index in [1.807, 2.05) is 0 Å². The lowest BCUT2D eigenvalue weighted by Gasteiger charge is -2.35. The van der Waals surface area contributed by atoms with Crippen molar-refractivity contribution in [3.63, 3.8) is 0 Å². The fourth-order valence-electron chi connectivity index (χ4n) is 2.57. The van der Waals surface area contributed by atoms with Gasteiger partial charge in [0, 0.05) is 39.3 Å². The van der Waals surface area contributed by atoms with Crippen LogP contribution in [0.2, 0.25) is 0 Å². The van der Waals surface area contributed by atoms with E-state index in [-0.39, 0.29) is 37.2 Å². The predicted octanol–water partition coefficient (Wildman–Crippen LogP) is 0.471. The highest BCUT2D eigenvalue weighted by atomic mass is 35.5. The van der Waals surface area contributed by atoms with Crippen molar-refractivity contribution in [2.75, 3.05) is 59.0 Å². The van der Waals surface area contributed by atoms with Crippen molar-refractivity contribution in [3.05, 3.63) is 0 Å². The Balaban J connectivity index is 0. The molecule has 7 heteroatoms. The molecule has 0 aromatic rings. The van der Waals surface area contributed by atoms with Gasteiger partial charge in [0.2, 0.25) is 0 Å². The van der Waals surface area contributed by atoms with E-state index in [1.54, 1.807) is 0 Å². The number of aliphatic hydroxyl groups excluding tert-OH is 1. The van der Waals surface area contributed by atoms with Gasteiger partial charge in [0.1, 0.15) is 0 Å². The van der Waals surface area contributed by atoms with E-state index in [9.17, 15) is 0 Å². The van der Waals surface area contributed by atoms with Crippen LogP contribution in [0.15, 0.2) is 0 Å². The Labute approximate surface area is 129 Å². The first kappa shape index (κ1) is 21.0. The third-order valence-corrected chi connectivity index (χ3v) is 3.56. The summed E-state index contributed by atoms with van der Waals surface area (Å²) in [5.41, 5.74) is 0. The summed E-state index contributed by atoms with van der Waals surface area (Å²) in [6.07, 6.45) is 1.34. The molecule has 4 nitrogen and oxygen atoms in total. The molecule has 1 atom stereocenters. The van der Waals surface area contributed by atoms with Gasteiger partial charge in [-0.05, 0) is 25.4 Å². The fraction of sp³-hybridized carbons (Fsp3) is 1.00. The fourth-order valence-corrected chi connectivity index (χ4v) is 2.57. The highest BCUT2D eigenvalue weighted by Gasteiger charge is 2.21. The van der Waals surface area contributed by atoms with Crippen LogP contribution in [-0.2, 0) is 0 Å². The van der Waals surface area contributed by atoms with Crippen molar-refractivity contribution in [2.45, 2.75) is 6.42 Å². The average molecular weight is 323 g/mol. The second-order valence-corrected chi connectivity index (χ2v) is 4.72. The maximum atomic E-state index is 8.85. The first-order valence-corrected chi connectivity index (χ1v) is 6.15. The van der Waals surface area contributed by atoms with Crippen LogP contribution >= 0.6 is 37.2 Å². The highest BCUT2D eigenvalue weighted by molar-refractivity contribution is 5.86. The molecule has 0 amide bonds. The molecule has 2 fully saturated rings. The molecule has 0 aromatic heterocycles. The van der Waals surface area contributed by atoms with E-state index >= 15 is 0 Å². The van der Waals surface area contributed by atoms with Gasteiger partial charge in [-0.2, -0.15) is 0 Å². The third-order valence-electron chi connectivity index (χ3n) is 3.56. The van der Waals surface area contributed by atoms with Crippen molar-refractivity contribution >= 4 is 37.2 Å². The maximum absolute atomic E-state index is 8.85. The molecule has 112 valence electrons. The van der Waals surface area contributed by atoms with E-state index in [2.05, 4.69) is 15.1 Å². The highest BCUT2D eigenvalue weighted by Crippen LogP contribution is 2.11. The first-order valence-electron chi connectivity index (χ1n) is 6.15. The lowest BCUT2D eigenvalue weighted by atomic mass is 10.1. The van der Waals surface area contributed by atoms with Gasteiger partial charge in [-0.15, -0.1) is 37.2 Å². The molecule has 2 heterocycles. The molecule has 1 unspecified atom stereocenters. The number of β-amino-alcohol motifs (C(OH)–C–C–N with tert-alkyl or cyclic N) is 1. The summed E-state index contributed by atoms with van der Waals surface area (Å²) in [4.78, 5) is 4.93. The van der Waals surface area contributed by atoms with Crippen LogP contribution in [0.25, 0.3) is 0 Å². The summed E-state index contributed by atoms with van der Waals surface area (Å²) in [7, 11) is 0. The van der Waals surface area contributed by atoms with Crippen LogP contribution in [0.1, 0.15) is 6.42 Å². The predicted molar refractivity (Wildman–Crippen MR) is 82.7 cm³/mol. The number of nitrogens with one attached hydrogen (secondary N) is 1. The zero-order valence-corrected chi connectivity index (χ0v) is 13.2. The van der Waals surface area contributed by atoms with Crippen molar-refractivity contribution in [3.8, 4) is 0 Å². The number of hydrogen-bond acceptors (Lipinski definition) is 4. The van der Waals surface area contributed by atoms with Crippen LogP contribution in [0.4, 0.5) is 0 Å². The standard InChI is InChI=1S/C11H23N3O.3ClH/c15-8-7-13-3-5-14(6-4-13)10-11-1-2-12-9-11;;;/h11-12,15H,1-10H2;3*1H. The topological polar surface area (TPSA) is 38.7 Å². The SMILES string of the molecule is Cl.Cl.Cl.OCCN1CCN(CC2CCNC2)CC1. The van der Waals surface area contributed by atoms with Crippen LogP contribution < -0.4 is 5.32 Å². The number of hydrogen-bond donors (Lipinski definition) is 2. The second-order valence-electron chi connectivity index (χ2n) is 4.72. The summed E-state index contributed by atoms with van der Waals surface area (Å²) in [5.74, 6) is 0.870. The van der Waals surface area contributed by atoms with E-state index in [0.29, 0.717) is 6.61 Å². The molecule has 2 aliphatic rings. The number of rotatable bonds is 4. The number of halogens is 3. The van der Waals surface area contributed by atoms with E-state index in [4.69, 9.17) is 5.11 Å². The van der Waals surface area contributed by atoms with E-state index < -0.39 is 0 Å². The normalized spacial score (nSPS) is 24.8. The van der Waals surface area contributed by atoms with Gasteiger partial charge in [-0.1, -0.05) is 0 Å². The first-order chi connectivity index (χ1) is 7.38. The maximum Gasteiger partial charge on any atom is 0.0558 e. The quantitative estimate of drug-likeness (QED) is 0.789. The molecule has 2 rings (SSSR count). The Morgan fingerprint density at radius 3 is 2.11 bits per heavy atom. The average Bonchev–Trinajstić information content (AvgIpc) is 2.74. The van der Waals surface area contributed by atoms with Gasteiger partial charge in [0.25, 0.3) is 0 Å². The molecule has 0 aromatic carbocycles. The molecule has 0 spiro atoms. The van der Waals surface area contributed by atoms with Gasteiger partial charge in [0.05, 0.1) is 6.61 Å². The summed E-state index contributed by atoms with van der Waals surface area (Å²) in [6.45, 7) is 9.42. The minimum absolute atomic E-state index is 0. The molecule has 0 bridgehead atoms. The Morgan fingerprint density at radius 2 is 1.61 bits per heavy atom. The second kappa shape index (κ2) is 11.5. The summed E-state index contributed by atoms with van der Waals surface area (Å²) >= 11 is 0. The summed E-state index contributed by atoms with van der Waals surface area (Å²) in [5, 5.41) is 12.3. The molecular formula is C11H26Cl3N3O. The minimum Gasteiger partial charge on any atom is -0.395 e. The summed E-state index contributed by atoms with van der Waals surface area (Å²) < 4.78 is 0. The van der Waals surface area contributed by atoms with Gasteiger partial charge in [-0.25, -0.2) is 0 Å². The largest absolute Gasteiger partial charge is 0.395 e. The van der Waals surface area contributed by atoms with Gasteiger partial charge < -0.3 is 15.3 Å². The molecule has 0 radical (unpaired) electrons. The Hall–Kier alpha value is 0.710. The van der Waals surface area contributed by atoms with Crippen molar-refractivity contribution in [1.82, 2.24) is 15.1 Å².